The van der Waals surface area contributed by atoms with Crippen LogP contribution in [-0.4, -0.2) is 29.9 Å². The van der Waals surface area contributed by atoms with Crippen LogP contribution in [-0.2, 0) is 27.2 Å². The molecule has 126 valence electrons. The Morgan fingerprint density at radius 3 is 2.12 bits per heavy atom. The lowest BCUT2D eigenvalue weighted by Crippen LogP contribution is -2.36. The van der Waals surface area contributed by atoms with Crippen LogP contribution in [0.1, 0.15) is 11.1 Å². The van der Waals surface area contributed by atoms with Crippen LogP contribution in [0.5, 0.6) is 0 Å². The monoisotopic (exact) mass is 329 g/mol. The standard InChI is InChI=1S/C18H19NO5/c20-17(21)16(13-15-9-5-2-6-10-15)24-19-18(22)23-12-11-14-7-3-1-4-8-14/h1-10,16H,11-13H2,(H,19,22)(H,20,21)/t16-/m1/s1. The first-order chi connectivity index (χ1) is 11.6. The van der Waals surface area contributed by atoms with Gasteiger partial charge in [-0.25, -0.2) is 9.59 Å². The van der Waals surface area contributed by atoms with Gasteiger partial charge >= 0.3 is 12.1 Å². The number of ether oxygens (including phenoxy) is 1. The second kappa shape index (κ2) is 9.32. The van der Waals surface area contributed by atoms with E-state index in [-0.39, 0.29) is 13.0 Å². The lowest BCUT2D eigenvalue weighted by molar-refractivity contribution is -0.154. The Bertz CT molecular complexity index is 645. The Kier molecular flexibility index (Phi) is 6.79. The van der Waals surface area contributed by atoms with Gasteiger partial charge in [-0.2, -0.15) is 5.48 Å². The molecular weight excluding hydrogens is 310 g/mol. The number of hydroxylamine groups is 1. The molecule has 2 aromatic carbocycles. The first-order valence-corrected chi connectivity index (χ1v) is 7.54. The molecule has 0 aliphatic carbocycles. The van der Waals surface area contributed by atoms with Crippen LogP contribution < -0.4 is 5.48 Å². The Hall–Kier alpha value is -2.86. The minimum atomic E-state index is -1.19. The zero-order valence-electron chi connectivity index (χ0n) is 13.1. The van der Waals surface area contributed by atoms with E-state index in [9.17, 15) is 9.59 Å². The summed E-state index contributed by atoms with van der Waals surface area (Å²) in [6, 6.07) is 18.6. The summed E-state index contributed by atoms with van der Waals surface area (Å²) in [6.45, 7) is 0.176. The predicted octanol–water partition coefficient (Wildman–Crippen LogP) is 2.58. The van der Waals surface area contributed by atoms with Crippen molar-refractivity contribution >= 4 is 12.1 Å². The molecule has 6 nitrogen and oxygen atoms in total. The highest BCUT2D eigenvalue weighted by Crippen LogP contribution is 2.06. The van der Waals surface area contributed by atoms with Crippen molar-refractivity contribution in [3.05, 3.63) is 71.8 Å². The summed E-state index contributed by atoms with van der Waals surface area (Å²) >= 11 is 0. The highest BCUT2D eigenvalue weighted by atomic mass is 16.7. The molecule has 0 radical (unpaired) electrons. The van der Waals surface area contributed by atoms with Gasteiger partial charge in [-0.15, -0.1) is 0 Å². The molecule has 0 bridgehead atoms. The van der Waals surface area contributed by atoms with Crippen molar-refractivity contribution in [2.45, 2.75) is 18.9 Å². The van der Waals surface area contributed by atoms with Gasteiger partial charge in [0.1, 0.15) is 0 Å². The summed E-state index contributed by atoms with van der Waals surface area (Å²) in [5, 5.41) is 9.16. The molecule has 1 amide bonds. The number of nitrogens with one attached hydrogen (secondary N) is 1. The third kappa shape index (κ3) is 6.10. The van der Waals surface area contributed by atoms with Crippen molar-refractivity contribution in [3.63, 3.8) is 0 Å². The van der Waals surface area contributed by atoms with E-state index in [2.05, 4.69) is 0 Å². The molecular formula is C18H19NO5. The van der Waals surface area contributed by atoms with Crippen LogP contribution in [0, 0.1) is 0 Å². The summed E-state index contributed by atoms with van der Waals surface area (Å²) in [7, 11) is 0. The summed E-state index contributed by atoms with van der Waals surface area (Å²) in [6.07, 6.45) is -1.29. The summed E-state index contributed by atoms with van der Waals surface area (Å²) < 4.78 is 4.96. The number of hydrogen-bond donors (Lipinski definition) is 2. The van der Waals surface area contributed by atoms with Crippen LogP contribution in [0.4, 0.5) is 4.79 Å². The van der Waals surface area contributed by atoms with Gasteiger partial charge < -0.3 is 9.84 Å². The van der Waals surface area contributed by atoms with Crippen LogP contribution in [0.25, 0.3) is 0 Å². The van der Waals surface area contributed by atoms with Gasteiger partial charge in [-0.05, 0) is 11.1 Å². The molecule has 0 saturated heterocycles. The molecule has 0 fully saturated rings. The molecule has 0 aromatic heterocycles. The van der Waals surface area contributed by atoms with Gasteiger partial charge in [0.05, 0.1) is 6.61 Å². The summed E-state index contributed by atoms with van der Waals surface area (Å²) in [5.41, 5.74) is 3.86. The third-order valence-electron chi connectivity index (χ3n) is 3.29. The number of carboxylic acids is 1. The Morgan fingerprint density at radius 1 is 0.958 bits per heavy atom. The second-order valence-corrected chi connectivity index (χ2v) is 5.11. The van der Waals surface area contributed by atoms with Crippen LogP contribution in [0.2, 0.25) is 0 Å². The first-order valence-electron chi connectivity index (χ1n) is 7.54. The molecule has 6 heteroatoms. The number of carbonyl (C=O) groups excluding carboxylic acids is 1. The summed E-state index contributed by atoms with van der Waals surface area (Å²) in [4.78, 5) is 27.7. The molecule has 0 unspecified atom stereocenters. The Balaban J connectivity index is 1.73. The SMILES string of the molecule is O=C(NO[C@H](Cc1ccccc1)C(=O)O)OCCc1ccccc1. The van der Waals surface area contributed by atoms with Crippen molar-refractivity contribution in [1.82, 2.24) is 5.48 Å². The molecule has 0 aliphatic rings. The van der Waals surface area contributed by atoms with E-state index in [4.69, 9.17) is 14.7 Å². The molecule has 0 saturated carbocycles. The van der Waals surface area contributed by atoms with E-state index in [1.165, 1.54) is 0 Å². The molecule has 2 aromatic rings. The first kappa shape index (κ1) is 17.5. The number of carbonyl (C=O) groups is 2. The fourth-order valence-electron chi connectivity index (χ4n) is 2.06. The molecule has 0 aliphatic heterocycles. The predicted molar refractivity (Wildman–Crippen MR) is 87.3 cm³/mol. The highest BCUT2D eigenvalue weighted by molar-refractivity contribution is 5.73. The van der Waals surface area contributed by atoms with E-state index in [0.29, 0.717) is 6.42 Å². The molecule has 0 spiro atoms. The average molecular weight is 329 g/mol. The van der Waals surface area contributed by atoms with Crippen molar-refractivity contribution in [1.29, 1.82) is 0 Å². The molecule has 2 rings (SSSR count). The van der Waals surface area contributed by atoms with Gasteiger partial charge in [0, 0.05) is 12.8 Å². The lowest BCUT2D eigenvalue weighted by Gasteiger charge is -2.14. The maximum absolute atomic E-state index is 11.6. The zero-order valence-corrected chi connectivity index (χ0v) is 13.1. The normalized spacial score (nSPS) is 11.5. The highest BCUT2D eigenvalue weighted by Gasteiger charge is 2.20. The second-order valence-electron chi connectivity index (χ2n) is 5.11. The van der Waals surface area contributed by atoms with Gasteiger partial charge in [0.2, 0.25) is 0 Å². The van der Waals surface area contributed by atoms with Crippen molar-refractivity contribution in [3.8, 4) is 0 Å². The lowest BCUT2D eigenvalue weighted by atomic mass is 10.1. The largest absolute Gasteiger partial charge is 0.479 e. The van der Waals surface area contributed by atoms with Gasteiger partial charge in [-0.3, -0.25) is 4.84 Å². The van der Waals surface area contributed by atoms with Gasteiger partial charge in [0.15, 0.2) is 6.10 Å². The fraction of sp³-hybridized carbons (Fsp3) is 0.222. The number of amides is 1. The van der Waals surface area contributed by atoms with Crippen LogP contribution in [0.15, 0.2) is 60.7 Å². The quantitative estimate of drug-likeness (QED) is 0.727. The number of rotatable bonds is 8. The Labute approximate surface area is 140 Å². The van der Waals surface area contributed by atoms with Gasteiger partial charge in [-0.1, -0.05) is 60.7 Å². The Morgan fingerprint density at radius 2 is 1.54 bits per heavy atom. The van der Waals surface area contributed by atoms with Gasteiger partial charge in [0.25, 0.3) is 0 Å². The molecule has 24 heavy (non-hydrogen) atoms. The van der Waals surface area contributed by atoms with E-state index in [0.717, 1.165) is 11.1 Å². The number of carboxylic acid groups (broad SMARTS) is 1. The maximum atomic E-state index is 11.6. The minimum Gasteiger partial charge on any atom is -0.479 e. The van der Waals surface area contributed by atoms with Crippen molar-refractivity contribution < 1.29 is 24.3 Å². The van der Waals surface area contributed by atoms with E-state index < -0.39 is 18.2 Å². The molecule has 0 heterocycles. The zero-order chi connectivity index (χ0) is 17.2. The number of aliphatic carboxylic acids is 1. The molecule has 2 N–H and O–H groups in total. The van der Waals surface area contributed by atoms with Crippen molar-refractivity contribution in [2.24, 2.45) is 0 Å². The summed E-state index contributed by atoms with van der Waals surface area (Å²) in [5.74, 6) is -1.16. The van der Waals surface area contributed by atoms with Crippen molar-refractivity contribution in [2.75, 3.05) is 6.61 Å². The van der Waals surface area contributed by atoms with E-state index >= 15 is 0 Å². The minimum absolute atomic E-state index is 0.139. The van der Waals surface area contributed by atoms with E-state index in [1.54, 1.807) is 24.3 Å². The third-order valence-corrected chi connectivity index (χ3v) is 3.29. The fourth-order valence-corrected chi connectivity index (χ4v) is 2.06. The van der Waals surface area contributed by atoms with Crippen LogP contribution >= 0.6 is 0 Å². The molecule has 1 atom stereocenters. The average Bonchev–Trinajstić information content (AvgIpc) is 2.60. The van der Waals surface area contributed by atoms with E-state index in [1.807, 2.05) is 41.9 Å². The maximum Gasteiger partial charge on any atom is 0.431 e. The number of hydrogen-bond acceptors (Lipinski definition) is 4. The topological polar surface area (TPSA) is 84.9 Å². The van der Waals surface area contributed by atoms with Crippen LogP contribution in [0.3, 0.4) is 0 Å². The smallest absolute Gasteiger partial charge is 0.431 e. The number of benzene rings is 2.